The maximum absolute atomic E-state index is 12.4. The van der Waals surface area contributed by atoms with Crippen LogP contribution in [0.2, 0.25) is 0 Å². The van der Waals surface area contributed by atoms with Crippen LogP contribution >= 0.6 is 11.8 Å². The number of carbonyl (C=O) groups is 2. The SMILES string of the molecule is COC(=O)[C@@H](CCSC)NC(=O)c1oc2ccccc2c1C. The number of thioether (sulfide) groups is 1. The number of hydrogen-bond acceptors (Lipinski definition) is 5. The Labute approximate surface area is 133 Å². The van der Waals surface area contributed by atoms with Gasteiger partial charge in [-0.25, -0.2) is 4.79 Å². The van der Waals surface area contributed by atoms with Gasteiger partial charge in [0, 0.05) is 10.9 Å². The van der Waals surface area contributed by atoms with Crippen molar-refractivity contribution in [2.75, 3.05) is 19.1 Å². The van der Waals surface area contributed by atoms with Gasteiger partial charge in [-0.3, -0.25) is 4.79 Å². The Morgan fingerprint density at radius 1 is 1.36 bits per heavy atom. The van der Waals surface area contributed by atoms with Crippen LogP contribution < -0.4 is 5.32 Å². The van der Waals surface area contributed by atoms with Gasteiger partial charge >= 0.3 is 5.97 Å². The molecule has 0 saturated heterocycles. The first kappa shape index (κ1) is 16.4. The predicted molar refractivity (Wildman–Crippen MR) is 87.2 cm³/mol. The lowest BCUT2D eigenvalue weighted by Crippen LogP contribution is -2.42. The molecule has 0 aliphatic heterocycles. The molecule has 1 atom stereocenters. The molecule has 118 valence electrons. The highest BCUT2D eigenvalue weighted by atomic mass is 32.2. The second kappa shape index (κ2) is 7.35. The summed E-state index contributed by atoms with van der Waals surface area (Å²) in [6.07, 6.45) is 2.46. The highest BCUT2D eigenvalue weighted by molar-refractivity contribution is 7.98. The van der Waals surface area contributed by atoms with Crippen molar-refractivity contribution in [1.29, 1.82) is 0 Å². The lowest BCUT2D eigenvalue weighted by Gasteiger charge is -2.15. The van der Waals surface area contributed by atoms with Crippen molar-refractivity contribution < 1.29 is 18.7 Å². The summed E-state index contributed by atoms with van der Waals surface area (Å²) in [5.74, 6) is 0.139. The van der Waals surface area contributed by atoms with Gasteiger partial charge in [0.1, 0.15) is 11.6 Å². The number of esters is 1. The molecule has 5 nitrogen and oxygen atoms in total. The van der Waals surface area contributed by atoms with Crippen molar-refractivity contribution in [1.82, 2.24) is 5.32 Å². The third kappa shape index (κ3) is 3.44. The zero-order valence-electron chi connectivity index (χ0n) is 12.8. The number of benzene rings is 1. The number of rotatable bonds is 6. The molecule has 2 rings (SSSR count). The van der Waals surface area contributed by atoms with Crippen molar-refractivity contribution in [3.05, 3.63) is 35.6 Å². The first-order valence-corrected chi connectivity index (χ1v) is 8.33. The van der Waals surface area contributed by atoms with Gasteiger partial charge in [0.15, 0.2) is 5.76 Å². The predicted octanol–water partition coefficient (Wildman–Crippen LogP) is 2.77. The van der Waals surface area contributed by atoms with Crippen LogP contribution in [0.1, 0.15) is 22.5 Å². The number of furan rings is 1. The number of aryl methyl sites for hydroxylation is 1. The number of methoxy groups -OCH3 is 1. The summed E-state index contributed by atoms with van der Waals surface area (Å²) in [5.41, 5.74) is 1.42. The fraction of sp³-hybridized carbons (Fsp3) is 0.375. The van der Waals surface area contributed by atoms with Crippen LogP contribution in [0.25, 0.3) is 11.0 Å². The van der Waals surface area contributed by atoms with Gasteiger partial charge < -0.3 is 14.5 Å². The minimum atomic E-state index is -0.669. The first-order valence-electron chi connectivity index (χ1n) is 6.94. The quantitative estimate of drug-likeness (QED) is 0.829. The molecule has 0 radical (unpaired) electrons. The Kier molecular flexibility index (Phi) is 5.49. The highest BCUT2D eigenvalue weighted by Gasteiger charge is 2.25. The molecule has 0 aliphatic rings. The zero-order valence-corrected chi connectivity index (χ0v) is 13.7. The summed E-state index contributed by atoms with van der Waals surface area (Å²) in [6, 6.07) is 6.78. The van der Waals surface area contributed by atoms with Gasteiger partial charge in [0.2, 0.25) is 0 Å². The van der Waals surface area contributed by atoms with Crippen LogP contribution in [0.15, 0.2) is 28.7 Å². The zero-order chi connectivity index (χ0) is 16.1. The molecule has 0 aliphatic carbocycles. The van der Waals surface area contributed by atoms with Gasteiger partial charge in [-0.2, -0.15) is 11.8 Å². The maximum Gasteiger partial charge on any atom is 0.328 e. The Bertz CT molecular complexity index is 680. The molecule has 0 fully saturated rings. The fourth-order valence-electron chi connectivity index (χ4n) is 2.24. The molecule has 0 unspecified atom stereocenters. The summed E-state index contributed by atoms with van der Waals surface area (Å²) in [5, 5.41) is 3.59. The van der Waals surface area contributed by atoms with E-state index in [2.05, 4.69) is 5.32 Å². The Hall–Kier alpha value is -1.95. The average Bonchev–Trinajstić information content (AvgIpc) is 2.88. The Balaban J connectivity index is 2.21. The highest BCUT2D eigenvalue weighted by Crippen LogP contribution is 2.24. The van der Waals surface area contributed by atoms with E-state index in [1.54, 1.807) is 11.8 Å². The molecule has 0 spiro atoms. The molecule has 1 heterocycles. The second-order valence-corrected chi connectivity index (χ2v) is 5.87. The molecule has 2 aromatic rings. The van der Waals surface area contributed by atoms with Gasteiger partial charge in [0.05, 0.1) is 7.11 Å². The number of para-hydroxylation sites is 1. The van der Waals surface area contributed by atoms with Crippen LogP contribution in [-0.4, -0.2) is 37.0 Å². The van der Waals surface area contributed by atoms with E-state index in [4.69, 9.17) is 9.15 Å². The standard InChI is InChI=1S/C16H19NO4S/c1-10-11-6-4-5-7-13(11)21-14(10)15(18)17-12(8-9-22-3)16(19)20-2/h4-7,12H,8-9H2,1-3H3,(H,17,18)/t12-/m1/s1. The first-order chi connectivity index (χ1) is 10.6. The second-order valence-electron chi connectivity index (χ2n) is 4.88. The lowest BCUT2D eigenvalue weighted by molar-refractivity contribution is -0.142. The van der Waals surface area contributed by atoms with Crippen molar-refractivity contribution in [3.8, 4) is 0 Å². The third-order valence-corrected chi connectivity index (χ3v) is 4.10. The summed E-state index contributed by atoms with van der Waals surface area (Å²) in [7, 11) is 1.31. The Morgan fingerprint density at radius 2 is 2.09 bits per heavy atom. The van der Waals surface area contributed by atoms with Crippen LogP contribution in [0.5, 0.6) is 0 Å². The summed E-state index contributed by atoms with van der Waals surface area (Å²) < 4.78 is 10.4. The van der Waals surface area contributed by atoms with E-state index < -0.39 is 17.9 Å². The van der Waals surface area contributed by atoms with Crippen molar-refractivity contribution in [2.45, 2.75) is 19.4 Å². The summed E-state index contributed by atoms with van der Waals surface area (Å²) in [6.45, 7) is 1.83. The number of hydrogen-bond donors (Lipinski definition) is 1. The van der Waals surface area contributed by atoms with Gasteiger partial charge in [0.25, 0.3) is 5.91 Å². The van der Waals surface area contributed by atoms with E-state index in [1.807, 2.05) is 37.4 Å². The minimum absolute atomic E-state index is 0.235. The van der Waals surface area contributed by atoms with E-state index in [9.17, 15) is 9.59 Å². The number of fused-ring (bicyclic) bond motifs is 1. The molecule has 1 amide bonds. The van der Waals surface area contributed by atoms with E-state index in [0.717, 1.165) is 16.7 Å². The van der Waals surface area contributed by atoms with Crippen molar-refractivity contribution in [2.24, 2.45) is 0 Å². The van der Waals surface area contributed by atoms with Gasteiger partial charge in [-0.05, 0) is 31.4 Å². The number of carbonyl (C=O) groups excluding carboxylic acids is 2. The monoisotopic (exact) mass is 321 g/mol. The lowest BCUT2D eigenvalue weighted by atomic mass is 10.1. The fourth-order valence-corrected chi connectivity index (χ4v) is 2.71. The summed E-state index contributed by atoms with van der Waals surface area (Å²) in [4.78, 5) is 24.2. The van der Waals surface area contributed by atoms with E-state index >= 15 is 0 Å². The molecule has 1 aromatic heterocycles. The van der Waals surface area contributed by atoms with Crippen molar-refractivity contribution in [3.63, 3.8) is 0 Å². The van der Waals surface area contributed by atoms with Crippen LogP contribution in [-0.2, 0) is 9.53 Å². The van der Waals surface area contributed by atoms with Gasteiger partial charge in [-0.15, -0.1) is 0 Å². The molecule has 22 heavy (non-hydrogen) atoms. The normalized spacial score (nSPS) is 12.1. The smallest absolute Gasteiger partial charge is 0.328 e. The molecule has 1 N–H and O–H groups in total. The van der Waals surface area contributed by atoms with Crippen molar-refractivity contribution >= 4 is 34.6 Å². The van der Waals surface area contributed by atoms with E-state index in [1.165, 1.54) is 7.11 Å². The van der Waals surface area contributed by atoms with Gasteiger partial charge in [-0.1, -0.05) is 18.2 Å². The topological polar surface area (TPSA) is 68.5 Å². The van der Waals surface area contributed by atoms with Crippen LogP contribution in [0, 0.1) is 6.92 Å². The molecule has 0 saturated carbocycles. The third-order valence-electron chi connectivity index (χ3n) is 3.45. The molecular weight excluding hydrogens is 302 g/mol. The molecule has 1 aromatic carbocycles. The Morgan fingerprint density at radius 3 is 2.73 bits per heavy atom. The molecule has 6 heteroatoms. The number of amides is 1. The summed E-state index contributed by atoms with van der Waals surface area (Å²) >= 11 is 1.61. The van der Waals surface area contributed by atoms with Crippen LogP contribution in [0.3, 0.4) is 0 Å². The number of ether oxygens (including phenoxy) is 1. The largest absolute Gasteiger partial charge is 0.467 e. The van der Waals surface area contributed by atoms with Crippen LogP contribution in [0.4, 0.5) is 0 Å². The number of nitrogens with one attached hydrogen (secondary N) is 1. The maximum atomic E-state index is 12.4. The average molecular weight is 321 g/mol. The van der Waals surface area contributed by atoms with E-state index in [0.29, 0.717) is 12.0 Å². The molecular formula is C16H19NO4S. The molecule has 0 bridgehead atoms. The van der Waals surface area contributed by atoms with E-state index in [-0.39, 0.29) is 5.76 Å². The minimum Gasteiger partial charge on any atom is -0.467 e.